The quantitative estimate of drug-likeness (QED) is 0.824. The van der Waals surface area contributed by atoms with E-state index < -0.39 is 21.9 Å². The molecule has 0 fully saturated rings. The Hall–Kier alpha value is -0.920. The molecule has 106 valence electrons. The number of hydrogen-bond donors (Lipinski definition) is 2. The largest absolute Gasteiger partial charge is 0.481 e. The number of hydrogen-bond acceptors (Lipinski definition) is 3. The van der Waals surface area contributed by atoms with Gasteiger partial charge in [0.2, 0.25) is 10.0 Å². The maximum absolute atomic E-state index is 12.0. The number of rotatable bonds is 6. The molecule has 0 aliphatic rings. The molecule has 7 heteroatoms. The molecule has 19 heavy (non-hydrogen) atoms. The van der Waals surface area contributed by atoms with Gasteiger partial charge >= 0.3 is 5.97 Å². The van der Waals surface area contributed by atoms with Crippen LogP contribution in [0.15, 0.2) is 27.6 Å². The molecule has 0 aromatic heterocycles. The molecule has 1 rings (SSSR count). The molecule has 2 N–H and O–H groups in total. The van der Waals surface area contributed by atoms with E-state index in [2.05, 4.69) is 20.7 Å². The summed E-state index contributed by atoms with van der Waals surface area (Å²) in [5.74, 6) is -1.51. The highest BCUT2D eigenvalue weighted by Crippen LogP contribution is 2.22. The van der Waals surface area contributed by atoms with Crippen LogP contribution in [-0.2, 0) is 14.8 Å². The van der Waals surface area contributed by atoms with Crippen LogP contribution >= 0.6 is 15.9 Å². The number of carboxylic acids is 1. The van der Waals surface area contributed by atoms with Gasteiger partial charge in [0.05, 0.1) is 10.8 Å². The molecule has 0 aliphatic heterocycles. The van der Waals surface area contributed by atoms with Gasteiger partial charge in [0.15, 0.2) is 0 Å². The van der Waals surface area contributed by atoms with Crippen molar-refractivity contribution in [2.75, 3.05) is 6.54 Å². The first kappa shape index (κ1) is 16.1. The second-order valence-electron chi connectivity index (χ2n) is 4.36. The molecule has 1 atom stereocenters. The molecule has 0 saturated heterocycles. The lowest BCUT2D eigenvalue weighted by Gasteiger charge is -2.10. The SMILES string of the molecule is Cc1ccc(S(=O)(=O)NCCC(C)C(=O)O)c(Br)c1. The monoisotopic (exact) mass is 349 g/mol. The number of halogens is 1. The topological polar surface area (TPSA) is 83.5 Å². The number of benzene rings is 1. The fraction of sp³-hybridized carbons (Fsp3) is 0.417. The predicted molar refractivity (Wildman–Crippen MR) is 75.5 cm³/mol. The fourth-order valence-corrected chi connectivity index (χ4v) is 3.67. The molecule has 5 nitrogen and oxygen atoms in total. The van der Waals surface area contributed by atoms with Crippen LogP contribution in [0.3, 0.4) is 0 Å². The Bertz CT molecular complexity index is 571. The van der Waals surface area contributed by atoms with Crippen molar-refractivity contribution in [1.82, 2.24) is 4.72 Å². The molecule has 0 heterocycles. The molecule has 0 aliphatic carbocycles. The first-order valence-electron chi connectivity index (χ1n) is 5.72. The lowest BCUT2D eigenvalue weighted by Crippen LogP contribution is -2.27. The maximum atomic E-state index is 12.0. The van der Waals surface area contributed by atoms with Crippen molar-refractivity contribution in [3.8, 4) is 0 Å². The van der Waals surface area contributed by atoms with Gasteiger partial charge in [-0.25, -0.2) is 13.1 Å². The summed E-state index contributed by atoms with van der Waals surface area (Å²) in [5, 5.41) is 8.72. The Labute approximate surface area is 121 Å². The van der Waals surface area contributed by atoms with Gasteiger partial charge in [0.25, 0.3) is 0 Å². The summed E-state index contributed by atoms with van der Waals surface area (Å²) in [6.07, 6.45) is 0.248. The van der Waals surface area contributed by atoms with Crippen LogP contribution in [-0.4, -0.2) is 26.0 Å². The normalized spacial score (nSPS) is 13.2. The number of nitrogens with one attached hydrogen (secondary N) is 1. The van der Waals surface area contributed by atoms with E-state index in [0.717, 1.165) is 5.56 Å². The van der Waals surface area contributed by atoms with Crippen LogP contribution in [0.4, 0.5) is 0 Å². The van der Waals surface area contributed by atoms with E-state index in [1.54, 1.807) is 19.1 Å². The van der Waals surface area contributed by atoms with Crippen molar-refractivity contribution in [1.29, 1.82) is 0 Å². The molecule has 1 unspecified atom stereocenters. The summed E-state index contributed by atoms with van der Waals surface area (Å²) >= 11 is 3.21. The van der Waals surface area contributed by atoms with Gasteiger partial charge < -0.3 is 5.11 Å². The first-order valence-corrected chi connectivity index (χ1v) is 8.00. The number of aliphatic carboxylic acids is 1. The minimum absolute atomic E-state index is 0.0934. The van der Waals surface area contributed by atoms with Crippen molar-refractivity contribution < 1.29 is 18.3 Å². The van der Waals surface area contributed by atoms with E-state index in [1.165, 1.54) is 6.07 Å². The van der Waals surface area contributed by atoms with Crippen LogP contribution in [0.2, 0.25) is 0 Å². The maximum Gasteiger partial charge on any atom is 0.306 e. The second-order valence-corrected chi connectivity index (χ2v) is 6.95. The van der Waals surface area contributed by atoms with Crippen LogP contribution in [0.5, 0.6) is 0 Å². The minimum atomic E-state index is -3.62. The third kappa shape index (κ3) is 4.59. The fourth-order valence-electron chi connectivity index (χ4n) is 1.43. The summed E-state index contributed by atoms with van der Waals surface area (Å²) in [4.78, 5) is 10.8. The van der Waals surface area contributed by atoms with E-state index in [1.807, 2.05) is 6.92 Å². The summed E-state index contributed by atoms with van der Waals surface area (Å²) in [5.41, 5.74) is 0.949. The highest BCUT2D eigenvalue weighted by atomic mass is 79.9. The minimum Gasteiger partial charge on any atom is -0.481 e. The molecule has 0 saturated carbocycles. The third-order valence-corrected chi connectivity index (χ3v) is 5.11. The third-order valence-electron chi connectivity index (χ3n) is 2.67. The zero-order chi connectivity index (χ0) is 14.6. The molecular formula is C12H16BrNO4S. The highest BCUT2D eigenvalue weighted by Gasteiger charge is 2.18. The van der Waals surface area contributed by atoms with Gasteiger partial charge in [0.1, 0.15) is 0 Å². The van der Waals surface area contributed by atoms with Gasteiger partial charge in [-0.3, -0.25) is 4.79 Å². The summed E-state index contributed by atoms with van der Waals surface area (Å²) in [6.45, 7) is 3.50. The van der Waals surface area contributed by atoms with Crippen molar-refractivity contribution >= 4 is 31.9 Å². The number of carbonyl (C=O) groups is 1. The van der Waals surface area contributed by atoms with Gasteiger partial charge in [-0.15, -0.1) is 0 Å². The highest BCUT2D eigenvalue weighted by molar-refractivity contribution is 9.10. The van der Waals surface area contributed by atoms with E-state index >= 15 is 0 Å². The van der Waals surface area contributed by atoms with Crippen LogP contribution < -0.4 is 4.72 Å². The molecule has 1 aromatic rings. The summed E-state index contributed by atoms with van der Waals surface area (Å²) in [7, 11) is -3.62. The summed E-state index contributed by atoms with van der Waals surface area (Å²) in [6, 6.07) is 4.94. The molecule has 0 amide bonds. The summed E-state index contributed by atoms with van der Waals surface area (Å²) < 4.78 is 26.9. The Morgan fingerprint density at radius 2 is 2.11 bits per heavy atom. The molecule has 0 bridgehead atoms. The lowest BCUT2D eigenvalue weighted by atomic mass is 10.1. The Balaban J connectivity index is 2.74. The Kier molecular flexibility index (Phi) is 5.51. The van der Waals surface area contributed by atoms with Gasteiger partial charge in [-0.2, -0.15) is 0 Å². The second kappa shape index (κ2) is 6.49. The van der Waals surface area contributed by atoms with Crippen LogP contribution in [0.1, 0.15) is 18.9 Å². The van der Waals surface area contributed by atoms with Gasteiger partial charge in [0, 0.05) is 11.0 Å². The standard InChI is InChI=1S/C12H16BrNO4S/c1-8-3-4-11(10(13)7-8)19(17,18)14-6-5-9(2)12(15)16/h3-4,7,9,14H,5-6H2,1-2H3,(H,15,16). The number of sulfonamides is 1. The van der Waals surface area contributed by atoms with Crippen molar-refractivity contribution in [2.45, 2.75) is 25.2 Å². The smallest absolute Gasteiger partial charge is 0.306 e. The van der Waals surface area contributed by atoms with E-state index in [4.69, 9.17) is 5.11 Å². The number of aryl methyl sites for hydroxylation is 1. The van der Waals surface area contributed by atoms with Crippen molar-refractivity contribution in [3.63, 3.8) is 0 Å². The zero-order valence-electron chi connectivity index (χ0n) is 10.7. The van der Waals surface area contributed by atoms with Crippen LogP contribution in [0, 0.1) is 12.8 Å². The first-order chi connectivity index (χ1) is 8.74. The van der Waals surface area contributed by atoms with Crippen molar-refractivity contribution in [2.24, 2.45) is 5.92 Å². The molecule has 0 radical (unpaired) electrons. The number of carboxylic acid groups (broad SMARTS) is 1. The van der Waals surface area contributed by atoms with E-state index in [9.17, 15) is 13.2 Å². The van der Waals surface area contributed by atoms with Gasteiger partial charge in [-0.1, -0.05) is 13.0 Å². The zero-order valence-corrected chi connectivity index (χ0v) is 13.1. The average Bonchev–Trinajstić information content (AvgIpc) is 2.27. The molecule has 1 aromatic carbocycles. The van der Waals surface area contributed by atoms with Crippen LogP contribution in [0.25, 0.3) is 0 Å². The van der Waals surface area contributed by atoms with E-state index in [-0.39, 0.29) is 17.9 Å². The average molecular weight is 350 g/mol. The lowest BCUT2D eigenvalue weighted by molar-refractivity contribution is -0.141. The Morgan fingerprint density at radius 1 is 1.47 bits per heavy atom. The van der Waals surface area contributed by atoms with Crippen molar-refractivity contribution in [3.05, 3.63) is 28.2 Å². The Morgan fingerprint density at radius 3 is 2.63 bits per heavy atom. The van der Waals surface area contributed by atoms with E-state index in [0.29, 0.717) is 4.47 Å². The van der Waals surface area contributed by atoms with Gasteiger partial charge in [-0.05, 0) is 47.0 Å². The molecular weight excluding hydrogens is 334 g/mol. The predicted octanol–water partition coefficient (Wildman–Crippen LogP) is 2.15. The molecule has 0 spiro atoms.